The molecule has 0 saturated carbocycles. The summed E-state index contributed by atoms with van der Waals surface area (Å²) in [6, 6.07) is 5.51. The summed E-state index contributed by atoms with van der Waals surface area (Å²) in [5.41, 5.74) is 1.51. The lowest BCUT2D eigenvalue weighted by Gasteiger charge is -2.32. The van der Waals surface area contributed by atoms with E-state index in [4.69, 9.17) is 0 Å². The zero-order valence-corrected chi connectivity index (χ0v) is 13.3. The van der Waals surface area contributed by atoms with Crippen LogP contribution in [0.4, 0.5) is 4.39 Å². The van der Waals surface area contributed by atoms with E-state index in [9.17, 15) is 9.18 Å². The lowest BCUT2D eigenvalue weighted by Crippen LogP contribution is -2.39. The summed E-state index contributed by atoms with van der Waals surface area (Å²) in [6.45, 7) is 3.22. The van der Waals surface area contributed by atoms with Crippen molar-refractivity contribution in [3.05, 3.63) is 47.5 Å². The molecule has 0 aliphatic carbocycles. The lowest BCUT2D eigenvalue weighted by molar-refractivity contribution is -0.132. The zero-order chi connectivity index (χ0) is 16.2. The van der Waals surface area contributed by atoms with Crippen LogP contribution in [-0.4, -0.2) is 38.9 Å². The number of nitrogens with zero attached hydrogens (tertiary/aromatic N) is 4. The third-order valence-corrected chi connectivity index (χ3v) is 4.50. The van der Waals surface area contributed by atoms with Gasteiger partial charge in [0.1, 0.15) is 5.82 Å². The topological polar surface area (TPSA) is 51.0 Å². The first-order chi connectivity index (χ1) is 11.1. The van der Waals surface area contributed by atoms with Crippen molar-refractivity contribution >= 4 is 5.91 Å². The van der Waals surface area contributed by atoms with Gasteiger partial charge in [-0.25, -0.2) is 9.07 Å². The molecule has 5 nitrogen and oxygen atoms in total. The van der Waals surface area contributed by atoms with Crippen molar-refractivity contribution in [1.29, 1.82) is 0 Å². The number of likely N-dealkylation sites (tertiary alicyclic amines) is 1. The predicted molar refractivity (Wildman–Crippen MR) is 84.3 cm³/mol. The Morgan fingerprint density at radius 1 is 1.35 bits per heavy atom. The van der Waals surface area contributed by atoms with E-state index in [2.05, 4.69) is 10.3 Å². The van der Waals surface area contributed by atoms with E-state index < -0.39 is 0 Å². The first kappa shape index (κ1) is 15.6. The Labute approximate surface area is 135 Å². The number of aromatic nitrogens is 3. The maximum absolute atomic E-state index is 13.5. The van der Waals surface area contributed by atoms with Gasteiger partial charge in [-0.3, -0.25) is 4.79 Å². The minimum atomic E-state index is -0.205. The Balaban J connectivity index is 1.48. The van der Waals surface area contributed by atoms with Gasteiger partial charge < -0.3 is 4.90 Å². The van der Waals surface area contributed by atoms with Crippen molar-refractivity contribution in [2.75, 3.05) is 13.1 Å². The van der Waals surface area contributed by atoms with Crippen LogP contribution in [-0.2, 0) is 11.2 Å². The van der Waals surface area contributed by atoms with Gasteiger partial charge in [-0.1, -0.05) is 17.3 Å². The molecule has 0 spiro atoms. The van der Waals surface area contributed by atoms with Crippen LogP contribution in [0.5, 0.6) is 0 Å². The first-order valence-corrected chi connectivity index (χ1v) is 8.02. The second kappa shape index (κ2) is 6.89. The number of amides is 1. The fourth-order valence-electron chi connectivity index (χ4n) is 2.99. The van der Waals surface area contributed by atoms with E-state index in [-0.39, 0.29) is 11.7 Å². The molecule has 1 aliphatic rings. The van der Waals surface area contributed by atoms with Crippen molar-refractivity contribution in [3.63, 3.8) is 0 Å². The van der Waals surface area contributed by atoms with Gasteiger partial charge >= 0.3 is 0 Å². The second-order valence-electron chi connectivity index (χ2n) is 6.08. The van der Waals surface area contributed by atoms with Crippen LogP contribution in [0.15, 0.2) is 30.6 Å². The van der Waals surface area contributed by atoms with E-state index in [0.717, 1.165) is 31.5 Å². The molecule has 1 amide bonds. The summed E-state index contributed by atoms with van der Waals surface area (Å²) in [7, 11) is 0. The van der Waals surface area contributed by atoms with Crippen molar-refractivity contribution in [3.8, 4) is 0 Å². The molecule has 122 valence electrons. The molecule has 3 rings (SSSR count). The van der Waals surface area contributed by atoms with Crippen LogP contribution in [0.3, 0.4) is 0 Å². The molecule has 0 bridgehead atoms. The number of hydrogen-bond acceptors (Lipinski definition) is 3. The Morgan fingerprint density at radius 3 is 2.78 bits per heavy atom. The number of carbonyl (C=O) groups is 1. The molecular weight excluding hydrogens is 295 g/mol. The highest BCUT2D eigenvalue weighted by molar-refractivity contribution is 5.76. The molecule has 1 aromatic carbocycles. The number of benzene rings is 1. The highest BCUT2D eigenvalue weighted by atomic mass is 19.1. The molecule has 0 radical (unpaired) electrons. The van der Waals surface area contributed by atoms with E-state index in [1.807, 2.05) is 21.8 Å². The van der Waals surface area contributed by atoms with Crippen LogP contribution in [0, 0.1) is 12.7 Å². The van der Waals surface area contributed by atoms with Gasteiger partial charge in [-0.2, -0.15) is 0 Å². The fourth-order valence-corrected chi connectivity index (χ4v) is 2.99. The predicted octanol–water partition coefficient (Wildman–Crippen LogP) is 2.52. The highest BCUT2D eigenvalue weighted by Gasteiger charge is 2.23. The van der Waals surface area contributed by atoms with Crippen LogP contribution >= 0.6 is 0 Å². The lowest BCUT2D eigenvalue weighted by atomic mass is 10.0. The number of carbonyl (C=O) groups excluding carboxylic acids is 1. The van der Waals surface area contributed by atoms with Gasteiger partial charge in [0.2, 0.25) is 5.91 Å². The number of halogens is 1. The molecule has 1 aromatic heterocycles. The van der Waals surface area contributed by atoms with Crippen molar-refractivity contribution < 1.29 is 9.18 Å². The normalized spacial score (nSPS) is 15.8. The highest BCUT2D eigenvalue weighted by Crippen LogP contribution is 2.22. The molecule has 0 unspecified atom stereocenters. The standard InChI is InChI=1S/C17H21FN4O/c1-13-2-3-14(12-16(13)18)4-5-17(23)21-9-6-15(7-10-21)22-11-8-19-20-22/h2-3,8,11-12,15H,4-7,9-10H2,1H3. The molecular formula is C17H21FN4O. The number of piperidine rings is 1. The van der Waals surface area contributed by atoms with Gasteiger partial charge in [0.05, 0.1) is 12.2 Å². The van der Waals surface area contributed by atoms with Crippen molar-refractivity contribution in [2.45, 2.75) is 38.6 Å². The maximum atomic E-state index is 13.5. The molecule has 23 heavy (non-hydrogen) atoms. The van der Waals surface area contributed by atoms with Crippen molar-refractivity contribution in [2.24, 2.45) is 0 Å². The Kier molecular flexibility index (Phi) is 4.69. The SMILES string of the molecule is Cc1ccc(CCC(=O)N2CCC(n3ccnn3)CC2)cc1F. The minimum Gasteiger partial charge on any atom is -0.343 e. The van der Waals surface area contributed by atoms with Crippen LogP contribution in [0.2, 0.25) is 0 Å². The monoisotopic (exact) mass is 316 g/mol. The molecule has 6 heteroatoms. The summed E-state index contributed by atoms with van der Waals surface area (Å²) in [5.74, 6) is -0.0633. The second-order valence-corrected chi connectivity index (χ2v) is 6.08. The summed E-state index contributed by atoms with van der Waals surface area (Å²) in [5, 5.41) is 7.86. The molecule has 1 aliphatic heterocycles. The molecule has 1 saturated heterocycles. The van der Waals surface area contributed by atoms with E-state index in [1.165, 1.54) is 6.07 Å². The van der Waals surface area contributed by atoms with Gasteiger partial charge in [0.25, 0.3) is 0 Å². The number of rotatable bonds is 4. The average molecular weight is 316 g/mol. The van der Waals surface area contributed by atoms with Gasteiger partial charge in [0.15, 0.2) is 0 Å². The molecule has 0 N–H and O–H groups in total. The summed E-state index contributed by atoms with van der Waals surface area (Å²) in [4.78, 5) is 14.2. The average Bonchev–Trinajstić information content (AvgIpc) is 3.10. The first-order valence-electron chi connectivity index (χ1n) is 8.02. The smallest absolute Gasteiger partial charge is 0.222 e. The zero-order valence-electron chi connectivity index (χ0n) is 13.3. The van der Waals surface area contributed by atoms with E-state index >= 15 is 0 Å². The number of hydrogen-bond donors (Lipinski definition) is 0. The summed E-state index contributed by atoms with van der Waals surface area (Å²) in [6.07, 6.45) is 6.35. The van der Waals surface area contributed by atoms with Crippen LogP contribution < -0.4 is 0 Å². The Morgan fingerprint density at radius 2 is 2.13 bits per heavy atom. The third-order valence-electron chi connectivity index (χ3n) is 4.50. The summed E-state index contributed by atoms with van der Waals surface area (Å²) < 4.78 is 15.4. The molecule has 2 aromatic rings. The Bertz CT molecular complexity index is 663. The van der Waals surface area contributed by atoms with Gasteiger partial charge in [0, 0.05) is 25.7 Å². The van der Waals surface area contributed by atoms with Crippen LogP contribution in [0.1, 0.15) is 36.4 Å². The minimum absolute atomic E-state index is 0.142. The largest absolute Gasteiger partial charge is 0.343 e. The van der Waals surface area contributed by atoms with E-state index in [1.54, 1.807) is 19.2 Å². The van der Waals surface area contributed by atoms with E-state index in [0.29, 0.717) is 24.4 Å². The fraction of sp³-hybridized carbons (Fsp3) is 0.471. The molecule has 0 atom stereocenters. The maximum Gasteiger partial charge on any atom is 0.222 e. The van der Waals surface area contributed by atoms with Crippen molar-refractivity contribution in [1.82, 2.24) is 19.9 Å². The van der Waals surface area contributed by atoms with Crippen LogP contribution in [0.25, 0.3) is 0 Å². The third kappa shape index (κ3) is 3.75. The molecule has 1 fully saturated rings. The quantitative estimate of drug-likeness (QED) is 0.871. The molecule has 2 heterocycles. The van der Waals surface area contributed by atoms with Gasteiger partial charge in [-0.15, -0.1) is 5.10 Å². The number of aryl methyl sites for hydroxylation is 2. The Hall–Kier alpha value is -2.24. The summed E-state index contributed by atoms with van der Waals surface area (Å²) >= 11 is 0. The van der Waals surface area contributed by atoms with Gasteiger partial charge in [-0.05, 0) is 43.4 Å².